The fourth-order valence-corrected chi connectivity index (χ4v) is 3.74. The average molecular weight is 422 g/mol. The molecule has 1 saturated heterocycles. The highest BCUT2D eigenvalue weighted by molar-refractivity contribution is 6.32. The lowest BCUT2D eigenvalue weighted by Gasteiger charge is -2.41. The molecule has 29 heavy (non-hydrogen) atoms. The molecule has 0 radical (unpaired) electrons. The largest absolute Gasteiger partial charge is 0.506 e. The summed E-state index contributed by atoms with van der Waals surface area (Å²) in [5.74, 6) is 0.946. The summed E-state index contributed by atoms with van der Waals surface area (Å²) in [7, 11) is 3.09. The monoisotopic (exact) mass is 421 g/mol. The van der Waals surface area contributed by atoms with Gasteiger partial charge in [-0.3, -0.25) is 4.79 Å². The average Bonchev–Trinajstić information content (AvgIpc) is 2.75. The first-order chi connectivity index (χ1) is 14.0. The summed E-state index contributed by atoms with van der Waals surface area (Å²) in [6.45, 7) is 0.491. The fourth-order valence-electron chi connectivity index (χ4n) is 3.53. The summed E-state index contributed by atoms with van der Waals surface area (Å²) in [5.41, 5.74) is 1.47. The van der Waals surface area contributed by atoms with E-state index in [-0.39, 0.29) is 29.7 Å². The zero-order chi connectivity index (χ0) is 21.0. The molecule has 1 aliphatic heterocycles. The number of aromatic hydroxyl groups is 1. The second kappa shape index (κ2) is 9.35. The number of methoxy groups -OCH3 is 2. The van der Waals surface area contributed by atoms with Crippen LogP contribution in [-0.4, -0.2) is 61.1 Å². The van der Waals surface area contributed by atoms with Gasteiger partial charge >= 0.3 is 0 Å². The highest BCUT2D eigenvalue weighted by Gasteiger charge is 2.36. The smallest absolute Gasteiger partial charge is 0.227 e. The van der Waals surface area contributed by atoms with Crippen molar-refractivity contribution in [2.24, 2.45) is 0 Å². The van der Waals surface area contributed by atoms with Crippen molar-refractivity contribution in [2.75, 3.05) is 34.0 Å². The molecule has 2 aromatic carbocycles. The Kier molecular flexibility index (Phi) is 6.84. The fraction of sp³-hybridized carbons (Fsp3) is 0.381. The SMILES string of the molecule is COc1ccc(C2C(CO)OCCN2C(=O)Cc2ccc(O)c(Cl)c2)cc1OC. The molecule has 8 heteroatoms. The Balaban J connectivity index is 1.90. The van der Waals surface area contributed by atoms with E-state index in [1.807, 2.05) is 6.07 Å². The van der Waals surface area contributed by atoms with Crippen LogP contribution in [0.15, 0.2) is 36.4 Å². The number of hydrogen-bond acceptors (Lipinski definition) is 6. The first kappa shape index (κ1) is 21.2. The minimum absolute atomic E-state index is 0.0298. The number of halogens is 1. The Hall–Kier alpha value is -2.48. The Morgan fingerprint density at radius 1 is 1.21 bits per heavy atom. The summed E-state index contributed by atoms with van der Waals surface area (Å²) in [5, 5.41) is 19.6. The number of phenolic OH excluding ortho intramolecular Hbond substituents is 1. The van der Waals surface area contributed by atoms with Crippen LogP contribution in [-0.2, 0) is 16.0 Å². The third-order valence-electron chi connectivity index (χ3n) is 4.97. The van der Waals surface area contributed by atoms with Gasteiger partial charge < -0.3 is 29.3 Å². The van der Waals surface area contributed by atoms with Crippen molar-refractivity contribution in [3.63, 3.8) is 0 Å². The molecule has 2 atom stereocenters. The topological polar surface area (TPSA) is 88.5 Å². The third-order valence-corrected chi connectivity index (χ3v) is 5.27. The van der Waals surface area contributed by atoms with Crippen LogP contribution in [0.2, 0.25) is 5.02 Å². The second-order valence-electron chi connectivity index (χ2n) is 6.70. The number of nitrogens with zero attached hydrogens (tertiary/aromatic N) is 1. The van der Waals surface area contributed by atoms with Crippen molar-refractivity contribution in [1.82, 2.24) is 4.90 Å². The van der Waals surface area contributed by atoms with Gasteiger partial charge in [0.05, 0.1) is 44.9 Å². The molecule has 1 aliphatic rings. The number of amides is 1. The van der Waals surface area contributed by atoms with Crippen LogP contribution < -0.4 is 9.47 Å². The molecular weight excluding hydrogens is 398 g/mol. The molecule has 0 saturated carbocycles. The van der Waals surface area contributed by atoms with Gasteiger partial charge in [0, 0.05) is 6.54 Å². The van der Waals surface area contributed by atoms with Gasteiger partial charge in [0.1, 0.15) is 11.9 Å². The molecule has 0 aliphatic carbocycles. The maximum atomic E-state index is 13.1. The lowest BCUT2D eigenvalue weighted by atomic mass is 9.97. The minimum Gasteiger partial charge on any atom is -0.506 e. The van der Waals surface area contributed by atoms with Crippen LogP contribution in [0, 0.1) is 0 Å². The van der Waals surface area contributed by atoms with Crippen molar-refractivity contribution in [3.05, 3.63) is 52.5 Å². The van der Waals surface area contributed by atoms with E-state index in [9.17, 15) is 15.0 Å². The molecule has 0 aromatic heterocycles. The van der Waals surface area contributed by atoms with Crippen LogP contribution in [0.4, 0.5) is 0 Å². The maximum absolute atomic E-state index is 13.1. The van der Waals surface area contributed by atoms with Gasteiger partial charge in [0.15, 0.2) is 11.5 Å². The molecule has 0 spiro atoms. The summed E-state index contributed by atoms with van der Waals surface area (Å²) in [6, 6.07) is 9.61. The summed E-state index contributed by atoms with van der Waals surface area (Å²) < 4.78 is 16.4. The number of morpholine rings is 1. The molecule has 1 heterocycles. The van der Waals surface area contributed by atoms with Crippen molar-refractivity contribution < 1.29 is 29.2 Å². The zero-order valence-corrected chi connectivity index (χ0v) is 17.1. The standard InChI is InChI=1S/C21H24ClNO6/c1-27-17-6-4-14(11-18(17)28-2)21-19(12-24)29-8-7-23(21)20(26)10-13-3-5-16(25)15(22)9-13/h3-6,9,11,19,21,24-25H,7-8,10,12H2,1-2H3. The summed E-state index contributed by atoms with van der Waals surface area (Å²) in [4.78, 5) is 14.8. The van der Waals surface area contributed by atoms with E-state index in [1.54, 1.807) is 43.4 Å². The number of carbonyl (C=O) groups is 1. The lowest BCUT2D eigenvalue weighted by molar-refractivity contribution is -0.149. The Morgan fingerprint density at radius 3 is 2.62 bits per heavy atom. The Morgan fingerprint density at radius 2 is 1.97 bits per heavy atom. The number of phenols is 1. The number of ether oxygens (including phenoxy) is 3. The number of aliphatic hydroxyl groups is 1. The first-order valence-electron chi connectivity index (χ1n) is 9.19. The molecule has 2 unspecified atom stereocenters. The lowest BCUT2D eigenvalue weighted by Crippen LogP contribution is -2.49. The predicted octanol–water partition coefficient (Wildman–Crippen LogP) is 2.57. The van der Waals surface area contributed by atoms with Crippen molar-refractivity contribution >= 4 is 17.5 Å². The van der Waals surface area contributed by atoms with E-state index in [1.165, 1.54) is 6.07 Å². The van der Waals surface area contributed by atoms with Crippen molar-refractivity contribution in [2.45, 2.75) is 18.6 Å². The molecule has 3 rings (SSSR count). The molecule has 7 nitrogen and oxygen atoms in total. The molecule has 156 valence electrons. The summed E-state index contributed by atoms with van der Waals surface area (Å²) >= 11 is 5.96. The van der Waals surface area contributed by atoms with Gasteiger partial charge in [-0.15, -0.1) is 0 Å². The van der Waals surface area contributed by atoms with Gasteiger partial charge in [-0.25, -0.2) is 0 Å². The second-order valence-corrected chi connectivity index (χ2v) is 7.11. The van der Waals surface area contributed by atoms with E-state index >= 15 is 0 Å². The van der Waals surface area contributed by atoms with Crippen LogP contribution in [0.1, 0.15) is 17.2 Å². The number of aliphatic hydroxyl groups excluding tert-OH is 1. The normalized spacial score (nSPS) is 19.1. The molecule has 2 aromatic rings. The van der Waals surface area contributed by atoms with Gasteiger partial charge in [0.25, 0.3) is 0 Å². The number of rotatable bonds is 6. The molecular formula is C21H24ClNO6. The van der Waals surface area contributed by atoms with E-state index < -0.39 is 12.1 Å². The van der Waals surface area contributed by atoms with Gasteiger partial charge in [-0.05, 0) is 35.4 Å². The van der Waals surface area contributed by atoms with Crippen LogP contribution in [0.25, 0.3) is 0 Å². The zero-order valence-electron chi connectivity index (χ0n) is 16.3. The highest BCUT2D eigenvalue weighted by atomic mass is 35.5. The van der Waals surface area contributed by atoms with Crippen molar-refractivity contribution in [1.29, 1.82) is 0 Å². The van der Waals surface area contributed by atoms with Crippen LogP contribution >= 0.6 is 11.6 Å². The first-order valence-corrected chi connectivity index (χ1v) is 9.57. The predicted molar refractivity (Wildman–Crippen MR) is 108 cm³/mol. The van der Waals surface area contributed by atoms with E-state index in [0.717, 1.165) is 5.56 Å². The van der Waals surface area contributed by atoms with Gasteiger partial charge in [0.2, 0.25) is 5.91 Å². The number of hydrogen-bond donors (Lipinski definition) is 2. The van der Waals surface area contributed by atoms with E-state index in [2.05, 4.69) is 0 Å². The van der Waals surface area contributed by atoms with E-state index in [0.29, 0.717) is 30.2 Å². The number of benzene rings is 2. The third kappa shape index (κ3) is 4.58. The molecule has 2 N–H and O–H groups in total. The van der Waals surface area contributed by atoms with Crippen LogP contribution in [0.3, 0.4) is 0 Å². The van der Waals surface area contributed by atoms with Gasteiger partial charge in [-0.2, -0.15) is 0 Å². The minimum atomic E-state index is -0.561. The van der Waals surface area contributed by atoms with Crippen molar-refractivity contribution in [3.8, 4) is 17.2 Å². The Labute approximate surface area is 174 Å². The quantitative estimate of drug-likeness (QED) is 0.745. The van der Waals surface area contributed by atoms with Gasteiger partial charge in [-0.1, -0.05) is 23.7 Å². The summed E-state index contributed by atoms with van der Waals surface area (Å²) in [6.07, 6.45) is -0.448. The molecule has 1 fully saturated rings. The Bertz CT molecular complexity index is 874. The molecule has 1 amide bonds. The highest BCUT2D eigenvalue weighted by Crippen LogP contribution is 2.36. The number of carbonyl (C=O) groups excluding carboxylic acids is 1. The maximum Gasteiger partial charge on any atom is 0.227 e. The van der Waals surface area contributed by atoms with E-state index in [4.69, 9.17) is 25.8 Å². The van der Waals surface area contributed by atoms with Crippen LogP contribution in [0.5, 0.6) is 17.2 Å². The molecule has 0 bridgehead atoms.